The van der Waals surface area contributed by atoms with Crippen molar-refractivity contribution in [2.45, 2.75) is 44.7 Å². The maximum atomic E-state index is 11.9. The first-order chi connectivity index (χ1) is 9.39. The van der Waals surface area contributed by atoms with Crippen molar-refractivity contribution in [1.82, 2.24) is 10.6 Å². The fourth-order valence-electron chi connectivity index (χ4n) is 1.97. The monoisotopic (exact) mass is 292 g/mol. The van der Waals surface area contributed by atoms with Crippen LogP contribution >= 0.6 is 0 Å². The molecule has 2 N–H and O–H groups in total. The van der Waals surface area contributed by atoms with Crippen LogP contribution in [0.3, 0.4) is 0 Å². The predicted molar refractivity (Wildman–Crippen MR) is 67.9 cm³/mol. The van der Waals surface area contributed by atoms with Gasteiger partial charge in [-0.2, -0.15) is 13.2 Å². The van der Waals surface area contributed by atoms with Crippen LogP contribution in [0, 0.1) is 0 Å². The van der Waals surface area contributed by atoms with Crippen LogP contribution in [0.1, 0.15) is 38.5 Å². The lowest BCUT2D eigenvalue weighted by Gasteiger charge is -2.13. The predicted octanol–water partition coefficient (Wildman–Crippen LogP) is 2.06. The summed E-state index contributed by atoms with van der Waals surface area (Å²) in [6.45, 7) is 0.171. The molecule has 4 nitrogen and oxygen atoms in total. The normalized spacial score (nSPS) is 15.4. The molecule has 0 aliphatic heterocycles. The topological polar surface area (TPSA) is 58.2 Å². The molecule has 0 unspecified atom stereocenters. The van der Waals surface area contributed by atoms with Crippen molar-refractivity contribution in [3.63, 3.8) is 0 Å². The number of carbonyl (C=O) groups is 2. The molecule has 1 aliphatic rings. The molecule has 114 valence electrons. The number of alkyl halides is 3. The Kier molecular flexibility index (Phi) is 6.54. The molecule has 1 aliphatic carbocycles. The summed E-state index contributed by atoms with van der Waals surface area (Å²) in [6, 6.07) is 0. The Morgan fingerprint density at radius 2 is 1.90 bits per heavy atom. The Bertz CT molecular complexity index is 378. The van der Waals surface area contributed by atoms with E-state index in [-0.39, 0.29) is 18.9 Å². The number of rotatable bonds is 6. The minimum atomic E-state index is -4.90. The van der Waals surface area contributed by atoms with E-state index in [1.807, 2.05) is 0 Å². The number of carbonyl (C=O) groups excluding carboxylic acids is 2. The van der Waals surface area contributed by atoms with Crippen LogP contribution in [0.5, 0.6) is 0 Å². The molecule has 0 heterocycles. The highest BCUT2D eigenvalue weighted by atomic mass is 19.4. The minimum absolute atomic E-state index is 0.152. The molecule has 20 heavy (non-hydrogen) atoms. The molecular weight excluding hydrogens is 273 g/mol. The highest BCUT2D eigenvalue weighted by Crippen LogP contribution is 2.19. The minimum Gasteiger partial charge on any atom is -0.356 e. The lowest BCUT2D eigenvalue weighted by atomic mass is 9.97. The SMILES string of the molecule is O=C(CCNC(=O)C(F)(F)F)NCCC1=CCCCC1. The first-order valence-electron chi connectivity index (χ1n) is 6.69. The Balaban J connectivity index is 2.09. The molecule has 0 atom stereocenters. The zero-order valence-electron chi connectivity index (χ0n) is 11.2. The van der Waals surface area contributed by atoms with Crippen LogP contribution in [-0.2, 0) is 9.59 Å². The second-order valence-corrected chi connectivity index (χ2v) is 4.71. The van der Waals surface area contributed by atoms with E-state index >= 15 is 0 Å². The van der Waals surface area contributed by atoms with Crippen molar-refractivity contribution in [3.8, 4) is 0 Å². The standard InChI is InChI=1S/C13H19F3N2O2/c14-13(15,16)12(20)18-9-7-11(19)17-8-6-10-4-2-1-3-5-10/h4H,1-3,5-9H2,(H,17,19)(H,18,20). The Morgan fingerprint density at radius 1 is 1.15 bits per heavy atom. The molecular formula is C13H19F3N2O2. The van der Waals surface area contributed by atoms with E-state index in [2.05, 4.69) is 11.4 Å². The maximum absolute atomic E-state index is 11.9. The van der Waals surface area contributed by atoms with Crippen LogP contribution in [0.15, 0.2) is 11.6 Å². The van der Waals surface area contributed by atoms with Crippen LogP contribution in [0.4, 0.5) is 13.2 Å². The number of nitrogens with one attached hydrogen (secondary N) is 2. The smallest absolute Gasteiger partial charge is 0.356 e. The highest BCUT2D eigenvalue weighted by Gasteiger charge is 2.38. The number of halogens is 3. The van der Waals surface area contributed by atoms with Gasteiger partial charge in [-0.05, 0) is 32.1 Å². The number of hydrogen-bond donors (Lipinski definition) is 2. The Labute approximate surface area is 115 Å². The molecule has 0 saturated heterocycles. The van der Waals surface area contributed by atoms with Gasteiger partial charge in [-0.15, -0.1) is 0 Å². The average Bonchev–Trinajstić information content (AvgIpc) is 2.38. The van der Waals surface area contributed by atoms with Gasteiger partial charge < -0.3 is 10.6 Å². The van der Waals surface area contributed by atoms with Crippen molar-refractivity contribution in [3.05, 3.63) is 11.6 Å². The quantitative estimate of drug-likeness (QED) is 0.736. The van der Waals surface area contributed by atoms with Crippen molar-refractivity contribution >= 4 is 11.8 Å². The summed E-state index contributed by atoms with van der Waals surface area (Å²) in [5.41, 5.74) is 1.32. The second kappa shape index (κ2) is 7.91. The lowest BCUT2D eigenvalue weighted by molar-refractivity contribution is -0.173. The van der Waals surface area contributed by atoms with Crippen LogP contribution in [0.2, 0.25) is 0 Å². The molecule has 0 radical (unpaired) electrons. The lowest BCUT2D eigenvalue weighted by Crippen LogP contribution is -2.39. The molecule has 0 aromatic carbocycles. The van der Waals surface area contributed by atoms with E-state index in [0.29, 0.717) is 6.54 Å². The Hall–Kier alpha value is -1.53. The van der Waals surface area contributed by atoms with E-state index in [1.165, 1.54) is 18.4 Å². The number of hydrogen-bond acceptors (Lipinski definition) is 2. The second-order valence-electron chi connectivity index (χ2n) is 4.71. The molecule has 0 saturated carbocycles. The van der Waals surface area contributed by atoms with Gasteiger partial charge in [0.25, 0.3) is 0 Å². The third-order valence-corrected chi connectivity index (χ3v) is 3.05. The van der Waals surface area contributed by atoms with Gasteiger partial charge in [-0.25, -0.2) is 0 Å². The fourth-order valence-corrected chi connectivity index (χ4v) is 1.97. The fraction of sp³-hybridized carbons (Fsp3) is 0.692. The van der Waals surface area contributed by atoms with Crippen molar-refractivity contribution in [2.75, 3.05) is 13.1 Å². The van der Waals surface area contributed by atoms with E-state index in [1.54, 1.807) is 5.32 Å². The molecule has 0 aromatic heterocycles. The summed E-state index contributed by atoms with van der Waals surface area (Å²) in [5.74, 6) is -2.37. The van der Waals surface area contributed by atoms with E-state index in [4.69, 9.17) is 0 Å². The average molecular weight is 292 g/mol. The maximum Gasteiger partial charge on any atom is 0.471 e. The molecule has 7 heteroatoms. The summed E-state index contributed by atoms with van der Waals surface area (Å²) in [7, 11) is 0. The third kappa shape index (κ3) is 6.58. The van der Waals surface area contributed by atoms with E-state index < -0.39 is 12.1 Å². The van der Waals surface area contributed by atoms with Gasteiger partial charge in [0, 0.05) is 19.5 Å². The number of amides is 2. The van der Waals surface area contributed by atoms with Gasteiger partial charge in [0.1, 0.15) is 0 Å². The van der Waals surface area contributed by atoms with Crippen LogP contribution < -0.4 is 10.6 Å². The molecule has 1 rings (SSSR count). The molecule has 2 amide bonds. The van der Waals surface area contributed by atoms with Gasteiger partial charge in [0.05, 0.1) is 0 Å². The first kappa shape index (κ1) is 16.5. The van der Waals surface area contributed by atoms with Crippen molar-refractivity contribution < 1.29 is 22.8 Å². The zero-order valence-corrected chi connectivity index (χ0v) is 11.2. The summed E-state index contributed by atoms with van der Waals surface area (Å²) < 4.78 is 35.6. The molecule has 0 fully saturated rings. The molecule has 0 bridgehead atoms. The van der Waals surface area contributed by atoms with Crippen LogP contribution in [0.25, 0.3) is 0 Å². The van der Waals surface area contributed by atoms with Gasteiger partial charge in [-0.3, -0.25) is 9.59 Å². The van der Waals surface area contributed by atoms with E-state index in [9.17, 15) is 22.8 Å². The summed E-state index contributed by atoms with van der Waals surface area (Å²) in [6.07, 6.45) is 2.41. The van der Waals surface area contributed by atoms with Crippen molar-refractivity contribution in [2.24, 2.45) is 0 Å². The summed E-state index contributed by atoms with van der Waals surface area (Å²) in [5, 5.41) is 4.29. The van der Waals surface area contributed by atoms with Crippen LogP contribution in [-0.4, -0.2) is 31.1 Å². The van der Waals surface area contributed by atoms with Gasteiger partial charge in [0.2, 0.25) is 5.91 Å². The third-order valence-electron chi connectivity index (χ3n) is 3.05. The Morgan fingerprint density at radius 3 is 2.50 bits per heavy atom. The summed E-state index contributed by atoms with van der Waals surface area (Å²) >= 11 is 0. The van der Waals surface area contributed by atoms with Crippen molar-refractivity contribution in [1.29, 1.82) is 0 Å². The number of allylic oxidation sites excluding steroid dienone is 1. The summed E-state index contributed by atoms with van der Waals surface area (Å²) in [4.78, 5) is 21.8. The van der Waals surface area contributed by atoms with Gasteiger partial charge in [0.15, 0.2) is 0 Å². The zero-order chi connectivity index (χ0) is 15.0. The molecule has 0 spiro atoms. The first-order valence-corrected chi connectivity index (χ1v) is 6.69. The largest absolute Gasteiger partial charge is 0.471 e. The highest BCUT2D eigenvalue weighted by molar-refractivity contribution is 5.82. The molecule has 0 aromatic rings. The van der Waals surface area contributed by atoms with Gasteiger partial charge >= 0.3 is 12.1 Å². The van der Waals surface area contributed by atoms with E-state index in [0.717, 1.165) is 19.3 Å². The van der Waals surface area contributed by atoms with Gasteiger partial charge in [-0.1, -0.05) is 11.6 Å².